The first-order valence-electron chi connectivity index (χ1n) is 11.5. The minimum Gasteiger partial charge on any atom is -0.339 e. The van der Waals surface area contributed by atoms with E-state index in [-0.39, 0.29) is 17.1 Å². The molecule has 2 heterocycles. The Morgan fingerprint density at radius 2 is 1.91 bits per heavy atom. The summed E-state index contributed by atoms with van der Waals surface area (Å²) in [6.45, 7) is 7.52. The van der Waals surface area contributed by atoms with E-state index in [1.807, 2.05) is 43.5 Å². The highest BCUT2D eigenvalue weighted by atomic mass is 16.5. The molecular formula is C27H28N4O3. The Labute approximate surface area is 198 Å². The molecule has 1 amide bonds. The quantitative estimate of drug-likeness (QED) is 0.344. The lowest BCUT2D eigenvalue weighted by molar-refractivity contribution is 0.0704. The largest absolute Gasteiger partial charge is 0.339 e. The van der Waals surface area contributed by atoms with E-state index in [9.17, 15) is 9.59 Å². The van der Waals surface area contributed by atoms with Crippen LogP contribution < -0.4 is 5.48 Å². The first-order valence-corrected chi connectivity index (χ1v) is 11.5. The number of Topliss-reactive ketones (excluding diaryl/α,β-unsaturated/α-hetero) is 1. The molecule has 34 heavy (non-hydrogen) atoms. The Balaban J connectivity index is 1.57. The van der Waals surface area contributed by atoms with Gasteiger partial charge in [-0.1, -0.05) is 44.2 Å². The van der Waals surface area contributed by atoms with Crippen molar-refractivity contribution in [2.24, 2.45) is 11.3 Å². The lowest BCUT2D eigenvalue weighted by Crippen LogP contribution is -2.41. The molecular weight excluding hydrogens is 428 g/mol. The Morgan fingerprint density at radius 1 is 1.18 bits per heavy atom. The van der Waals surface area contributed by atoms with Crippen molar-refractivity contribution in [3.05, 3.63) is 89.1 Å². The monoisotopic (exact) mass is 456 g/mol. The minimum atomic E-state index is -0.540. The number of nitrogens with one attached hydrogen (secondary N) is 1. The van der Waals surface area contributed by atoms with Crippen molar-refractivity contribution in [3.63, 3.8) is 0 Å². The summed E-state index contributed by atoms with van der Waals surface area (Å²) in [5.74, 6) is 0.407. The third kappa shape index (κ3) is 3.62. The van der Waals surface area contributed by atoms with Gasteiger partial charge in [0, 0.05) is 59.1 Å². The molecule has 7 nitrogen and oxygen atoms in total. The van der Waals surface area contributed by atoms with Crippen molar-refractivity contribution >= 4 is 22.6 Å². The van der Waals surface area contributed by atoms with Crippen molar-refractivity contribution in [3.8, 4) is 0 Å². The number of aryl methyl sites for hydroxylation is 1. The summed E-state index contributed by atoms with van der Waals surface area (Å²) in [5.41, 5.74) is 5.76. The van der Waals surface area contributed by atoms with Crippen LogP contribution in [0.1, 0.15) is 51.6 Å². The Kier molecular flexibility index (Phi) is 5.37. The maximum Gasteiger partial charge on any atom is 0.274 e. The first-order chi connectivity index (χ1) is 16.3. The lowest BCUT2D eigenvalue weighted by atomic mass is 9.67. The number of nitrogens with zero attached hydrogens (tertiary/aromatic N) is 3. The maximum absolute atomic E-state index is 14.0. The second-order valence-corrected chi connectivity index (χ2v) is 9.77. The fourth-order valence-electron chi connectivity index (χ4n) is 5.21. The number of hydroxylamine groups is 1. The van der Waals surface area contributed by atoms with Crippen LogP contribution in [0.3, 0.4) is 0 Å². The summed E-state index contributed by atoms with van der Waals surface area (Å²) in [6, 6.07) is 15.2. The molecule has 5 rings (SSSR count). The number of hydrogen-bond donors (Lipinski definition) is 2. The van der Waals surface area contributed by atoms with E-state index < -0.39 is 5.91 Å². The Morgan fingerprint density at radius 3 is 2.59 bits per heavy atom. The molecule has 0 saturated carbocycles. The normalized spacial score (nSPS) is 17.1. The van der Waals surface area contributed by atoms with E-state index in [2.05, 4.69) is 34.0 Å². The van der Waals surface area contributed by atoms with E-state index in [1.54, 1.807) is 23.8 Å². The van der Waals surface area contributed by atoms with Gasteiger partial charge in [0.15, 0.2) is 5.78 Å². The third-order valence-corrected chi connectivity index (χ3v) is 7.17. The van der Waals surface area contributed by atoms with E-state index in [1.165, 1.54) is 0 Å². The van der Waals surface area contributed by atoms with Crippen LogP contribution in [0.5, 0.6) is 0 Å². The smallest absolute Gasteiger partial charge is 0.274 e. The molecule has 1 aliphatic rings. The fraction of sp³-hybridized carbons (Fsp3) is 0.296. The molecule has 2 aromatic heterocycles. The summed E-state index contributed by atoms with van der Waals surface area (Å²) in [5, 5.41) is 9.85. The van der Waals surface area contributed by atoms with Crippen molar-refractivity contribution in [2.75, 3.05) is 0 Å². The van der Waals surface area contributed by atoms with Gasteiger partial charge in [-0.05, 0) is 42.5 Å². The standard InChI is InChI=1S/C27H28N4O3/c1-17-28-12-13-30(17)16-21-25(32)24-20-6-4-5-7-22(20)31(23(24)14-27(21,2)3)15-18-8-10-19(11-9-18)26(33)29-34/h4-13,21,34H,14-16H2,1-3H3,(H,29,33). The second-order valence-electron chi connectivity index (χ2n) is 9.77. The zero-order chi connectivity index (χ0) is 24.0. The maximum atomic E-state index is 14.0. The number of benzene rings is 2. The van der Waals surface area contributed by atoms with E-state index in [0.717, 1.165) is 40.0 Å². The molecule has 0 bridgehead atoms. The summed E-state index contributed by atoms with van der Waals surface area (Å²) >= 11 is 0. The fourth-order valence-corrected chi connectivity index (χ4v) is 5.21. The van der Waals surface area contributed by atoms with Gasteiger partial charge in [0.1, 0.15) is 5.82 Å². The molecule has 7 heteroatoms. The van der Waals surface area contributed by atoms with Gasteiger partial charge in [0.05, 0.1) is 0 Å². The molecule has 0 radical (unpaired) electrons. The Bertz CT molecular complexity index is 1400. The molecule has 1 aliphatic carbocycles. The van der Waals surface area contributed by atoms with Crippen LogP contribution in [0, 0.1) is 18.3 Å². The van der Waals surface area contributed by atoms with Crippen LogP contribution in [0.25, 0.3) is 10.9 Å². The summed E-state index contributed by atoms with van der Waals surface area (Å²) < 4.78 is 4.31. The number of carbonyl (C=O) groups is 2. The van der Waals surface area contributed by atoms with Crippen LogP contribution in [0.15, 0.2) is 60.9 Å². The van der Waals surface area contributed by atoms with Crippen molar-refractivity contribution in [1.82, 2.24) is 19.6 Å². The number of hydrogen-bond acceptors (Lipinski definition) is 4. The topological polar surface area (TPSA) is 89.2 Å². The van der Waals surface area contributed by atoms with Crippen LogP contribution in [0.2, 0.25) is 0 Å². The van der Waals surface area contributed by atoms with Crippen LogP contribution in [-0.4, -0.2) is 31.0 Å². The molecule has 1 atom stereocenters. The Hall–Kier alpha value is -3.71. The van der Waals surface area contributed by atoms with Gasteiger partial charge < -0.3 is 9.13 Å². The zero-order valence-corrected chi connectivity index (χ0v) is 19.6. The SMILES string of the molecule is Cc1nccn1CC1C(=O)c2c(n(Cc3ccc(C(=O)NO)cc3)c3ccccc23)CC1(C)C. The van der Waals surface area contributed by atoms with Gasteiger partial charge in [0.2, 0.25) is 0 Å². The van der Waals surface area contributed by atoms with Crippen molar-refractivity contribution in [2.45, 2.75) is 40.3 Å². The highest BCUT2D eigenvalue weighted by Gasteiger charge is 2.44. The highest BCUT2D eigenvalue weighted by molar-refractivity contribution is 6.11. The molecule has 0 fully saturated rings. The molecule has 1 unspecified atom stereocenters. The van der Waals surface area contributed by atoms with E-state index in [0.29, 0.717) is 18.7 Å². The summed E-state index contributed by atoms with van der Waals surface area (Å²) in [6.07, 6.45) is 4.51. The van der Waals surface area contributed by atoms with Gasteiger partial charge in [0.25, 0.3) is 5.91 Å². The first kappa shape index (κ1) is 22.1. The average Bonchev–Trinajstić information content (AvgIpc) is 3.37. The van der Waals surface area contributed by atoms with E-state index >= 15 is 0 Å². The number of imidazole rings is 1. The predicted molar refractivity (Wildman–Crippen MR) is 129 cm³/mol. The molecule has 0 saturated heterocycles. The second kappa shape index (κ2) is 8.25. The van der Waals surface area contributed by atoms with Crippen LogP contribution in [-0.2, 0) is 19.5 Å². The molecule has 2 aromatic carbocycles. The van der Waals surface area contributed by atoms with E-state index in [4.69, 9.17) is 5.21 Å². The van der Waals surface area contributed by atoms with Gasteiger partial charge in [-0.3, -0.25) is 14.8 Å². The lowest BCUT2D eigenvalue weighted by Gasteiger charge is -2.38. The molecule has 0 spiro atoms. The summed E-state index contributed by atoms with van der Waals surface area (Å²) in [7, 11) is 0. The minimum absolute atomic E-state index is 0.150. The molecule has 174 valence electrons. The molecule has 0 aliphatic heterocycles. The molecule has 4 aromatic rings. The number of para-hydroxylation sites is 1. The highest BCUT2D eigenvalue weighted by Crippen LogP contribution is 2.44. The number of rotatable bonds is 5. The van der Waals surface area contributed by atoms with Crippen molar-refractivity contribution < 1.29 is 14.8 Å². The number of aromatic nitrogens is 3. The van der Waals surface area contributed by atoms with Gasteiger partial charge in [-0.2, -0.15) is 0 Å². The van der Waals surface area contributed by atoms with Gasteiger partial charge in [-0.15, -0.1) is 0 Å². The number of ketones is 1. The number of fused-ring (bicyclic) bond motifs is 3. The molecule has 2 N–H and O–H groups in total. The number of amides is 1. The van der Waals surface area contributed by atoms with Gasteiger partial charge in [-0.25, -0.2) is 10.5 Å². The number of carbonyl (C=O) groups excluding carboxylic acids is 2. The average molecular weight is 457 g/mol. The van der Waals surface area contributed by atoms with Crippen molar-refractivity contribution in [1.29, 1.82) is 0 Å². The predicted octanol–water partition coefficient (Wildman–Crippen LogP) is 4.39. The van der Waals surface area contributed by atoms with Crippen LogP contribution in [0.4, 0.5) is 0 Å². The summed E-state index contributed by atoms with van der Waals surface area (Å²) in [4.78, 5) is 30.0. The third-order valence-electron chi connectivity index (χ3n) is 7.17. The zero-order valence-electron chi connectivity index (χ0n) is 19.6. The van der Waals surface area contributed by atoms with Gasteiger partial charge >= 0.3 is 0 Å². The van der Waals surface area contributed by atoms with Crippen LogP contribution >= 0.6 is 0 Å².